The fourth-order valence-electron chi connectivity index (χ4n) is 2.14. The van der Waals surface area contributed by atoms with Gasteiger partial charge < -0.3 is 5.73 Å². The van der Waals surface area contributed by atoms with Gasteiger partial charge in [0.25, 0.3) is 0 Å². The SMILES string of the molecule is Cc1nc2cc(-n3nc(C)c(Br)c3C)c(N)cc2s1. The van der Waals surface area contributed by atoms with Crippen molar-refractivity contribution >= 4 is 43.2 Å². The summed E-state index contributed by atoms with van der Waals surface area (Å²) >= 11 is 5.19. The highest BCUT2D eigenvalue weighted by molar-refractivity contribution is 9.10. The summed E-state index contributed by atoms with van der Waals surface area (Å²) in [6.45, 7) is 5.98. The van der Waals surface area contributed by atoms with Crippen molar-refractivity contribution in [3.63, 3.8) is 0 Å². The largest absolute Gasteiger partial charge is 0.397 e. The van der Waals surface area contributed by atoms with Crippen LogP contribution in [0.5, 0.6) is 0 Å². The average Bonchev–Trinajstić information content (AvgIpc) is 2.82. The number of nitrogens with zero attached hydrogens (tertiary/aromatic N) is 3. The first kappa shape index (κ1) is 12.6. The summed E-state index contributed by atoms with van der Waals surface area (Å²) < 4.78 is 3.99. The Labute approximate surface area is 123 Å². The van der Waals surface area contributed by atoms with E-state index in [9.17, 15) is 0 Å². The predicted molar refractivity (Wildman–Crippen MR) is 83.1 cm³/mol. The lowest BCUT2D eigenvalue weighted by Crippen LogP contribution is -2.03. The summed E-state index contributed by atoms with van der Waals surface area (Å²) in [7, 11) is 0. The molecule has 3 rings (SSSR count). The molecule has 0 atom stereocenters. The number of halogens is 1. The third-order valence-electron chi connectivity index (χ3n) is 3.08. The van der Waals surface area contributed by atoms with Crippen LogP contribution in [0.3, 0.4) is 0 Å². The van der Waals surface area contributed by atoms with Gasteiger partial charge in [-0.05, 0) is 48.8 Å². The number of nitrogen functional groups attached to an aromatic ring is 1. The molecular formula is C13H13BrN4S. The van der Waals surface area contributed by atoms with E-state index in [1.54, 1.807) is 11.3 Å². The quantitative estimate of drug-likeness (QED) is 0.688. The van der Waals surface area contributed by atoms with Crippen molar-refractivity contribution in [1.82, 2.24) is 14.8 Å². The Morgan fingerprint density at radius 2 is 2.00 bits per heavy atom. The summed E-state index contributed by atoms with van der Waals surface area (Å²) in [6.07, 6.45) is 0. The maximum Gasteiger partial charge on any atom is 0.0907 e. The summed E-state index contributed by atoms with van der Waals surface area (Å²) in [5.41, 5.74) is 10.7. The van der Waals surface area contributed by atoms with Crippen LogP contribution in [-0.4, -0.2) is 14.8 Å². The van der Waals surface area contributed by atoms with Gasteiger partial charge in [-0.15, -0.1) is 11.3 Å². The van der Waals surface area contributed by atoms with Crippen molar-refractivity contribution in [2.24, 2.45) is 0 Å². The molecule has 0 unspecified atom stereocenters. The summed E-state index contributed by atoms with van der Waals surface area (Å²) in [5, 5.41) is 5.56. The molecule has 19 heavy (non-hydrogen) atoms. The van der Waals surface area contributed by atoms with Crippen molar-refractivity contribution in [1.29, 1.82) is 0 Å². The number of nitrogens with two attached hydrogens (primary N) is 1. The van der Waals surface area contributed by atoms with E-state index in [1.165, 1.54) is 0 Å². The Bertz CT molecular complexity index is 788. The van der Waals surface area contributed by atoms with E-state index in [2.05, 4.69) is 26.0 Å². The Morgan fingerprint density at radius 1 is 1.26 bits per heavy atom. The highest BCUT2D eigenvalue weighted by atomic mass is 79.9. The molecule has 0 radical (unpaired) electrons. The predicted octanol–water partition coefficient (Wildman–Crippen LogP) is 3.75. The van der Waals surface area contributed by atoms with E-state index in [1.807, 2.05) is 37.6 Å². The van der Waals surface area contributed by atoms with Gasteiger partial charge in [0.05, 0.1) is 42.5 Å². The fourth-order valence-corrected chi connectivity index (χ4v) is 3.24. The van der Waals surface area contributed by atoms with Crippen LogP contribution in [0.4, 0.5) is 5.69 Å². The molecule has 3 aromatic rings. The molecule has 4 nitrogen and oxygen atoms in total. The summed E-state index contributed by atoms with van der Waals surface area (Å²) in [4.78, 5) is 4.51. The van der Waals surface area contributed by atoms with E-state index in [0.29, 0.717) is 5.69 Å². The lowest BCUT2D eigenvalue weighted by Gasteiger charge is -2.08. The zero-order valence-electron chi connectivity index (χ0n) is 10.9. The standard InChI is InChI=1S/C13H13BrN4S/c1-6-13(14)7(2)18(17-6)11-5-10-12(4-9(11)15)19-8(3)16-10/h4-5H,15H2,1-3H3. The molecule has 0 spiro atoms. The molecule has 6 heteroatoms. The Hall–Kier alpha value is -1.40. The number of aryl methyl sites for hydroxylation is 2. The number of hydrogen-bond donors (Lipinski definition) is 1. The molecule has 98 valence electrons. The van der Waals surface area contributed by atoms with E-state index in [4.69, 9.17) is 5.73 Å². The molecular weight excluding hydrogens is 324 g/mol. The highest BCUT2D eigenvalue weighted by Crippen LogP contribution is 2.31. The van der Waals surface area contributed by atoms with E-state index < -0.39 is 0 Å². The van der Waals surface area contributed by atoms with Crippen molar-refractivity contribution < 1.29 is 0 Å². The van der Waals surface area contributed by atoms with Crippen molar-refractivity contribution in [2.45, 2.75) is 20.8 Å². The molecule has 1 aromatic carbocycles. The zero-order valence-corrected chi connectivity index (χ0v) is 13.3. The number of benzene rings is 1. The molecule has 2 aromatic heterocycles. The molecule has 0 aliphatic rings. The smallest absolute Gasteiger partial charge is 0.0907 e. The van der Waals surface area contributed by atoms with Gasteiger partial charge in [0.15, 0.2) is 0 Å². The van der Waals surface area contributed by atoms with E-state index in [-0.39, 0.29) is 0 Å². The Morgan fingerprint density at radius 3 is 2.63 bits per heavy atom. The van der Waals surface area contributed by atoms with Gasteiger partial charge in [-0.1, -0.05) is 0 Å². The van der Waals surface area contributed by atoms with Crippen LogP contribution in [0.15, 0.2) is 16.6 Å². The van der Waals surface area contributed by atoms with Crippen LogP contribution in [-0.2, 0) is 0 Å². The lowest BCUT2D eigenvalue weighted by atomic mass is 10.2. The topological polar surface area (TPSA) is 56.7 Å². The highest BCUT2D eigenvalue weighted by Gasteiger charge is 2.14. The monoisotopic (exact) mass is 336 g/mol. The minimum absolute atomic E-state index is 0.717. The average molecular weight is 337 g/mol. The van der Waals surface area contributed by atoms with Crippen LogP contribution in [0.1, 0.15) is 16.4 Å². The first-order valence-electron chi connectivity index (χ1n) is 5.86. The number of fused-ring (bicyclic) bond motifs is 1. The third kappa shape index (κ3) is 1.95. The second-order valence-corrected chi connectivity index (χ2v) is 6.54. The van der Waals surface area contributed by atoms with Crippen LogP contribution >= 0.6 is 27.3 Å². The minimum atomic E-state index is 0.717. The summed E-state index contributed by atoms with van der Waals surface area (Å²) in [6, 6.07) is 3.97. The van der Waals surface area contributed by atoms with Crippen molar-refractivity contribution in [2.75, 3.05) is 5.73 Å². The van der Waals surface area contributed by atoms with Gasteiger partial charge in [0, 0.05) is 0 Å². The van der Waals surface area contributed by atoms with Gasteiger partial charge in [0.1, 0.15) is 0 Å². The van der Waals surface area contributed by atoms with Gasteiger partial charge in [-0.3, -0.25) is 0 Å². The van der Waals surface area contributed by atoms with E-state index >= 15 is 0 Å². The molecule has 0 aliphatic carbocycles. The Balaban J connectivity index is 2.29. The molecule has 0 fully saturated rings. The van der Waals surface area contributed by atoms with Crippen LogP contribution in [0, 0.1) is 20.8 Å². The van der Waals surface area contributed by atoms with Crippen LogP contribution < -0.4 is 5.73 Å². The first-order valence-corrected chi connectivity index (χ1v) is 7.47. The molecule has 0 saturated heterocycles. The fraction of sp³-hybridized carbons (Fsp3) is 0.231. The zero-order chi connectivity index (χ0) is 13.7. The maximum absolute atomic E-state index is 6.16. The van der Waals surface area contributed by atoms with E-state index in [0.717, 1.165) is 36.8 Å². The molecule has 0 amide bonds. The van der Waals surface area contributed by atoms with Gasteiger partial charge in [-0.2, -0.15) is 5.10 Å². The second kappa shape index (κ2) is 4.31. The van der Waals surface area contributed by atoms with Gasteiger partial charge in [-0.25, -0.2) is 9.67 Å². The lowest BCUT2D eigenvalue weighted by molar-refractivity contribution is 0.836. The maximum atomic E-state index is 6.16. The van der Waals surface area contributed by atoms with Crippen LogP contribution in [0.25, 0.3) is 15.9 Å². The van der Waals surface area contributed by atoms with Crippen molar-refractivity contribution in [3.05, 3.63) is 33.0 Å². The summed E-state index contributed by atoms with van der Waals surface area (Å²) in [5.74, 6) is 0. The van der Waals surface area contributed by atoms with Crippen LogP contribution in [0.2, 0.25) is 0 Å². The van der Waals surface area contributed by atoms with Gasteiger partial charge in [0.2, 0.25) is 0 Å². The molecule has 2 N–H and O–H groups in total. The molecule has 0 aliphatic heterocycles. The Kier molecular flexibility index (Phi) is 2.87. The number of rotatable bonds is 1. The number of anilines is 1. The first-order chi connectivity index (χ1) is 8.97. The number of aromatic nitrogens is 3. The number of hydrogen-bond acceptors (Lipinski definition) is 4. The third-order valence-corrected chi connectivity index (χ3v) is 5.16. The normalized spacial score (nSPS) is 11.4. The van der Waals surface area contributed by atoms with Gasteiger partial charge >= 0.3 is 0 Å². The second-order valence-electron chi connectivity index (χ2n) is 4.51. The van der Waals surface area contributed by atoms with Crippen molar-refractivity contribution in [3.8, 4) is 5.69 Å². The molecule has 0 saturated carbocycles. The molecule has 2 heterocycles. The minimum Gasteiger partial charge on any atom is -0.397 e. The number of thiazole rings is 1. The molecule has 0 bridgehead atoms.